The predicted molar refractivity (Wildman–Crippen MR) is 77.6 cm³/mol. The molecule has 0 spiro atoms. The van der Waals surface area contributed by atoms with Gasteiger partial charge >= 0.3 is 0 Å². The van der Waals surface area contributed by atoms with Crippen LogP contribution in [-0.2, 0) is 13.0 Å². The number of ether oxygens (including phenoxy) is 1. The van der Waals surface area contributed by atoms with Crippen molar-refractivity contribution in [1.29, 1.82) is 0 Å². The molecule has 0 aliphatic carbocycles. The first kappa shape index (κ1) is 12.0. The van der Waals surface area contributed by atoms with Gasteiger partial charge in [0.05, 0.1) is 11.4 Å². The molecule has 0 bridgehead atoms. The van der Waals surface area contributed by atoms with Crippen molar-refractivity contribution in [3.05, 3.63) is 47.2 Å². The van der Waals surface area contributed by atoms with Crippen molar-refractivity contribution in [3.8, 4) is 5.75 Å². The summed E-state index contributed by atoms with van der Waals surface area (Å²) < 4.78 is 7.72. The largest absolute Gasteiger partial charge is 0.485 e. The molecule has 1 aromatic carbocycles. The van der Waals surface area contributed by atoms with E-state index in [0.717, 1.165) is 17.1 Å². The summed E-state index contributed by atoms with van der Waals surface area (Å²) in [5.74, 6) is 0.716. The molecule has 3 rings (SSSR count). The van der Waals surface area contributed by atoms with E-state index in [2.05, 4.69) is 11.9 Å². The van der Waals surface area contributed by atoms with Gasteiger partial charge in [-0.2, -0.15) is 0 Å². The van der Waals surface area contributed by atoms with E-state index in [0.29, 0.717) is 18.0 Å². The van der Waals surface area contributed by atoms with Gasteiger partial charge in [-0.15, -0.1) is 11.3 Å². The summed E-state index contributed by atoms with van der Waals surface area (Å²) in [6.45, 7) is 2.54. The number of imidazole rings is 1. The van der Waals surface area contributed by atoms with Gasteiger partial charge in [0.1, 0.15) is 12.4 Å². The van der Waals surface area contributed by atoms with E-state index in [-0.39, 0.29) is 0 Å². The molecule has 2 N–H and O–H groups in total. The minimum atomic E-state index is 0.435. The number of nitrogens with zero attached hydrogens (tertiary/aromatic N) is 2. The van der Waals surface area contributed by atoms with Crippen molar-refractivity contribution in [2.45, 2.75) is 20.0 Å². The van der Waals surface area contributed by atoms with Gasteiger partial charge in [-0.3, -0.25) is 4.40 Å². The fourth-order valence-electron chi connectivity index (χ4n) is 1.95. The maximum absolute atomic E-state index is 5.97. The maximum atomic E-state index is 5.97. The fourth-order valence-corrected chi connectivity index (χ4v) is 2.67. The quantitative estimate of drug-likeness (QED) is 0.743. The zero-order chi connectivity index (χ0) is 13.2. The standard InChI is InChI=1S/C14H15N3OS/c1-2-10-3-4-13(12(15)7-10)18-9-11-8-17-5-6-19-14(17)16-11/h3-8H,2,9,15H2,1H3. The van der Waals surface area contributed by atoms with Gasteiger partial charge in [0, 0.05) is 17.8 Å². The lowest BCUT2D eigenvalue weighted by Crippen LogP contribution is -1.99. The number of hydrogen-bond acceptors (Lipinski definition) is 4. The Balaban J connectivity index is 1.73. The van der Waals surface area contributed by atoms with E-state index in [1.54, 1.807) is 11.3 Å². The second kappa shape index (κ2) is 4.93. The van der Waals surface area contributed by atoms with Gasteiger partial charge in [0.2, 0.25) is 0 Å². The number of aromatic nitrogens is 2. The molecule has 0 saturated carbocycles. The number of anilines is 1. The van der Waals surface area contributed by atoms with Crippen molar-refractivity contribution in [1.82, 2.24) is 9.38 Å². The second-order valence-corrected chi connectivity index (χ2v) is 5.21. The van der Waals surface area contributed by atoms with Gasteiger partial charge in [0.25, 0.3) is 0 Å². The first-order chi connectivity index (χ1) is 9.26. The lowest BCUT2D eigenvalue weighted by molar-refractivity contribution is 0.303. The smallest absolute Gasteiger partial charge is 0.193 e. The molecule has 0 aliphatic rings. The van der Waals surface area contributed by atoms with Crippen molar-refractivity contribution in [3.63, 3.8) is 0 Å². The van der Waals surface area contributed by atoms with Crippen LogP contribution in [-0.4, -0.2) is 9.38 Å². The van der Waals surface area contributed by atoms with E-state index in [1.807, 2.05) is 40.4 Å². The molecular formula is C14H15N3OS. The predicted octanol–water partition coefficient (Wildman–Crippen LogP) is 3.12. The van der Waals surface area contributed by atoms with Crippen molar-refractivity contribution >= 4 is 22.0 Å². The normalized spacial score (nSPS) is 11.0. The molecule has 2 aromatic heterocycles. The third-order valence-corrected chi connectivity index (χ3v) is 3.77. The molecule has 3 aromatic rings. The monoisotopic (exact) mass is 273 g/mol. The van der Waals surface area contributed by atoms with Gasteiger partial charge in [-0.1, -0.05) is 13.0 Å². The van der Waals surface area contributed by atoms with Crippen LogP contribution >= 0.6 is 11.3 Å². The molecule has 0 fully saturated rings. The van der Waals surface area contributed by atoms with Crippen molar-refractivity contribution < 1.29 is 4.74 Å². The SMILES string of the molecule is CCc1ccc(OCc2cn3ccsc3n2)c(N)c1. The molecule has 0 radical (unpaired) electrons. The highest BCUT2D eigenvalue weighted by atomic mass is 32.1. The van der Waals surface area contributed by atoms with E-state index < -0.39 is 0 Å². The molecule has 0 aliphatic heterocycles. The Morgan fingerprint density at radius 2 is 2.32 bits per heavy atom. The summed E-state index contributed by atoms with van der Waals surface area (Å²) in [4.78, 5) is 5.45. The average Bonchev–Trinajstić information content (AvgIpc) is 2.98. The van der Waals surface area contributed by atoms with Gasteiger partial charge < -0.3 is 10.5 Å². The lowest BCUT2D eigenvalue weighted by atomic mass is 10.1. The average molecular weight is 273 g/mol. The van der Waals surface area contributed by atoms with Crippen LogP contribution in [0, 0.1) is 0 Å². The summed E-state index contributed by atoms with van der Waals surface area (Å²) in [5.41, 5.74) is 8.77. The van der Waals surface area contributed by atoms with Gasteiger partial charge in [-0.05, 0) is 24.1 Å². The van der Waals surface area contributed by atoms with E-state index in [9.17, 15) is 0 Å². The number of rotatable bonds is 4. The molecule has 0 amide bonds. The Morgan fingerprint density at radius 1 is 1.42 bits per heavy atom. The Labute approximate surface area is 115 Å². The summed E-state index contributed by atoms with van der Waals surface area (Å²) >= 11 is 1.61. The molecule has 5 heteroatoms. The highest BCUT2D eigenvalue weighted by Gasteiger charge is 2.05. The number of fused-ring (bicyclic) bond motifs is 1. The molecule has 19 heavy (non-hydrogen) atoms. The van der Waals surface area contributed by atoms with Crippen LogP contribution in [0.2, 0.25) is 0 Å². The lowest BCUT2D eigenvalue weighted by Gasteiger charge is -2.08. The van der Waals surface area contributed by atoms with Crippen LogP contribution in [0.5, 0.6) is 5.75 Å². The summed E-state index contributed by atoms with van der Waals surface area (Å²) in [6.07, 6.45) is 4.94. The van der Waals surface area contributed by atoms with Crippen molar-refractivity contribution in [2.24, 2.45) is 0 Å². The molecule has 2 heterocycles. The number of nitrogen functional groups attached to an aromatic ring is 1. The van der Waals surface area contributed by atoms with E-state index in [1.165, 1.54) is 5.56 Å². The van der Waals surface area contributed by atoms with E-state index in [4.69, 9.17) is 10.5 Å². The number of benzene rings is 1. The number of aryl methyl sites for hydroxylation is 1. The van der Waals surface area contributed by atoms with Crippen molar-refractivity contribution in [2.75, 3.05) is 5.73 Å². The number of nitrogens with two attached hydrogens (primary N) is 1. The third kappa shape index (κ3) is 2.42. The first-order valence-electron chi connectivity index (χ1n) is 6.18. The van der Waals surface area contributed by atoms with E-state index >= 15 is 0 Å². The fraction of sp³-hybridized carbons (Fsp3) is 0.214. The van der Waals surface area contributed by atoms with Gasteiger partial charge in [-0.25, -0.2) is 4.98 Å². The zero-order valence-electron chi connectivity index (χ0n) is 10.7. The molecule has 0 atom stereocenters. The highest BCUT2D eigenvalue weighted by molar-refractivity contribution is 7.15. The minimum absolute atomic E-state index is 0.435. The Hall–Kier alpha value is -2.01. The van der Waals surface area contributed by atoms with Crippen LogP contribution in [0.3, 0.4) is 0 Å². The molecule has 4 nitrogen and oxygen atoms in total. The highest BCUT2D eigenvalue weighted by Crippen LogP contribution is 2.24. The Morgan fingerprint density at radius 3 is 3.05 bits per heavy atom. The second-order valence-electron chi connectivity index (χ2n) is 4.34. The topological polar surface area (TPSA) is 52.5 Å². The third-order valence-electron chi connectivity index (χ3n) is 3.00. The Kier molecular flexibility index (Phi) is 3.13. The number of thiazole rings is 1. The summed E-state index contributed by atoms with van der Waals surface area (Å²) in [6, 6.07) is 5.92. The molecule has 0 saturated heterocycles. The van der Waals surface area contributed by atoms with Crippen LogP contribution < -0.4 is 10.5 Å². The summed E-state index contributed by atoms with van der Waals surface area (Å²) in [7, 11) is 0. The minimum Gasteiger partial charge on any atom is -0.485 e. The van der Waals surface area contributed by atoms with Crippen LogP contribution in [0.4, 0.5) is 5.69 Å². The molecule has 98 valence electrons. The van der Waals surface area contributed by atoms with Crippen LogP contribution in [0.15, 0.2) is 36.0 Å². The van der Waals surface area contributed by atoms with Crippen LogP contribution in [0.25, 0.3) is 4.96 Å². The van der Waals surface area contributed by atoms with Gasteiger partial charge in [0.15, 0.2) is 4.96 Å². The summed E-state index contributed by atoms with van der Waals surface area (Å²) in [5, 5.41) is 2.01. The maximum Gasteiger partial charge on any atom is 0.193 e. The van der Waals surface area contributed by atoms with Crippen LogP contribution in [0.1, 0.15) is 18.2 Å². The molecule has 0 unspecified atom stereocenters. The first-order valence-corrected chi connectivity index (χ1v) is 7.06. The Bertz CT molecular complexity index is 673. The molecular weight excluding hydrogens is 258 g/mol. The number of hydrogen-bond donors (Lipinski definition) is 1. The zero-order valence-corrected chi connectivity index (χ0v) is 11.5.